The second kappa shape index (κ2) is 7.42. The first-order chi connectivity index (χ1) is 10.8. The van der Waals surface area contributed by atoms with Gasteiger partial charge in [0.05, 0.1) is 25.9 Å². The zero-order valence-electron chi connectivity index (χ0n) is 13.3. The number of hydrogen-bond donors (Lipinski definition) is 1. The monoisotopic (exact) mass is 306 g/mol. The Morgan fingerprint density at radius 2 is 1.95 bits per heavy atom. The molecule has 1 aromatic carbocycles. The van der Waals surface area contributed by atoms with Crippen LogP contribution in [0.2, 0.25) is 0 Å². The van der Waals surface area contributed by atoms with Gasteiger partial charge in [0.15, 0.2) is 0 Å². The molecule has 2 aliphatic heterocycles. The van der Waals surface area contributed by atoms with Crippen LogP contribution in [0.4, 0.5) is 5.69 Å². The van der Waals surface area contributed by atoms with E-state index in [-0.39, 0.29) is 18.8 Å². The first kappa shape index (κ1) is 15.7. The molecule has 0 radical (unpaired) electrons. The lowest BCUT2D eigenvalue weighted by atomic mass is 10.1. The molecule has 0 aliphatic carbocycles. The van der Waals surface area contributed by atoms with Crippen molar-refractivity contribution >= 4 is 5.69 Å². The molecule has 0 aromatic heterocycles. The maximum absolute atomic E-state index is 9.53. The summed E-state index contributed by atoms with van der Waals surface area (Å²) in [7, 11) is 1.75. The molecule has 122 valence electrons. The summed E-state index contributed by atoms with van der Waals surface area (Å²) in [6, 6.07) is 8.99. The molecule has 2 saturated heterocycles. The molecule has 1 N–H and O–H groups in total. The highest BCUT2D eigenvalue weighted by atomic mass is 16.5. The van der Waals surface area contributed by atoms with Gasteiger partial charge in [-0.2, -0.15) is 0 Å². The second-order valence-corrected chi connectivity index (χ2v) is 6.13. The number of anilines is 1. The van der Waals surface area contributed by atoms with E-state index in [4.69, 9.17) is 9.47 Å². The first-order valence-corrected chi connectivity index (χ1v) is 8.09. The molecule has 2 fully saturated rings. The highest BCUT2D eigenvalue weighted by Gasteiger charge is 2.31. The smallest absolute Gasteiger partial charge is 0.0714 e. The Morgan fingerprint density at radius 3 is 2.59 bits per heavy atom. The minimum absolute atomic E-state index is 0.200. The summed E-state index contributed by atoms with van der Waals surface area (Å²) in [5.74, 6) is 0. The quantitative estimate of drug-likeness (QED) is 0.883. The van der Waals surface area contributed by atoms with Gasteiger partial charge < -0.3 is 19.5 Å². The Morgan fingerprint density at radius 1 is 1.23 bits per heavy atom. The summed E-state index contributed by atoms with van der Waals surface area (Å²) in [6.07, 6.45) is 1.16. The van der Waals surface area contributed by atoms with Crippen molar-refractivity contribution in [3.05, 3.63) is 29.8 Å². The van der Waals surface area contributed by atoms with Crippen molar-refractivity contribution in [3.8, 4) is 0 Å². The van der Waals surface area contributed by atoms with Crippen LogP contribution >= 0.6 is 0 Å². The molecule has 2 aliphatic rings. The topological polar surface area (TPSA) is 45.2 Å². The molecule has 5 nitrogen and oxygen atoms in total. The SMILES string of the molecule is CO[C@@H]1C[C@@H](CO)N(Cc2ccc(N3CCOCC3)cc2)C1. The van der Waals surface area contributed by atoms with E-state index in [9.17, 15) is 5.11 Å². The Hall–Kier alpha value is -1.14. The van der Waals surface area contributed by atoms with Crippen LogP contribution < -0.4 is 4.90 Å². The molecule has 3 rings (SSSR count). The number of rotatable bonds is 5. The van der Waals surface area contributed by atoms with Crippen molar-refractivity contribution in [1.29, 1.82) is 0 Å². The van der Waals surface area contributed by atoms with Gasteiger partial charge in [-0.05, 0) is 24.1 Å². The molecule has 2 atom stereocenters. The molecular formula is C17H26N2O3. The number of likely N-dealkylation sites (tertiary alicyclic amines) is 1. The Balaban J connectivity index is 1.60. The Kier molecular flexibility index (Phi) is 5.31. The average molecular weight is 306 g/mol. The van der Waals surface area contributed by atoms with Gasteiger partial charge in [0.25, 0.3) is 0 Å². The van der Waals surface area contributed by atoms with Crippen LogP contribution in [0.3, 0.4) is 0 Å². The lowest BCUT2D eigenvalue weighted by Crippen LogP contribution is -2.36. The van der Waals surface area contributed by atoms with Crippen LogP contribution in [-0.4, -0.2) is 68.7 Å². The van der Waals surface area contributed by atoms with Crippen LogP contribution in [0.1, 0.15) is 12.0 Å². The zero-order valence-corrected chi connectivity index (χ0v) is 13.3. The zero-order chi connectivity index (χ0) is 15.4. The standard InChI is InChI=1S/C17H26N2O3/c1-21-17-10-16(13-20)19(12-17)11-14-2-4-15(5-3-14)18-6-8-22-9-7-18/h2-5,16-17,20H,6-13H2,1H3/t16-,17+/m0/s1. The van der Waals surface area contributed by atoms with E-state index in [2.05, 4.69) is 34.1 Å². The van der Waals surface area contributed by atoms with Crippen LogP contribution in [0.15, 0.2) is 24.3 Å². The van der Waals surface area contributed by atoms with Gasteiger partial charge in [-0.1, -0.05) is 12.1 Å². The fraction of sp³-hybridized carbons (Fsp3) is 0.647. The third-order valence-corrected chi connectivity index (χ3v) is 4.73. The van der Waals surface area contributed by atoms with Crippen molar-refractivity contribution in [3.63, 3.8) is 0 Å². The lowest BCUT2D eigenvalue weighted by Gasteiger charge is -2.29. The van der Waals surface area contributed by atoms with Crippen LogP contribution in [-0.2, 0) is 16.0 Å². The minimum atomic E-state index is 0.200. The number of morpholine rings is 1. The van der Waals surface area contributed by atoms with Gasteiger partial charge in [0.2, 0.25) is 0 Å². The third-order valence-electron chi connectivity index (χ3n) is 4.73. The summed E-state index contributed by atoms with van der Waals surface area (Å²) in [5, 5.41) is 9.53. The predicted molar refractivity (Wildman–Crippen MR) is 86.2 cm³/mol. The lowest BCUT2D eigenvalue weighted by molar-refractivity contribution is 0.107. The van der Waals surface area contributed by atoms with Gasteiger partial charge in [-0.25, -0.2) is 0 Å². The minimum Gasteiger partial charge on any atom is -0.395 e. The average Bonchev–Trinajstić information content (AvgIpc) is 2.98. The highest BCUT2D eigenvalue weighted by molar-refractivity contribution is 5.47. The van der Waals surface area contributed by atoms with E-state index in [0.29, 0.717) is 0 Å². The fourth-order valence-corrected chi connectivity index (χ4v) is 3.36. The summed E-state index contributed by atoms with van der Waals surface area (Å²) >= 11 is 0. The van der Waals surface area contributed by atoms with Crippen molar-refractivity contribution in [2.75, 3.05) is 51.5 Å². The maximum Gasteiger partial charge on any atom is 0.0714 e. The van der Waals surface area contributed by atoms with Crippen LogP contribution in [0, 0.1) is 0 Å². The second-order valence-electron chi connectivity index (χ2n) is 6.13. The molecule has 0 bridgehead atoms. The predicted octanol–water partition coefficient (Wildman–Crippen LogP) is 1.10. The number of aliphatic hydroxyl groups excluding tert-OH is 1. The number of aliphatic hydroxyl groups is 1. The summed E-state index contributed by atoms with van der Waals surface area (Å²) < 4.78 is 10.8. The largest absolute Gasteiger partial charge is 0.395 e. The van der Waals surface area contributed by atoms with E-state index in [1.807, 2.05) is 0 Å². The van der Waals surface area contributed by atoms with Crippen LogP contribution in [0.5, 0.6) is 0 Å². The first-order valence-electron chi connectivity index (χ1n) is 8.09. The van der Waals surface area contributed by atoms with Crippen molar-refractivity contribution in [2.24, 2.45) is 0 Å². The molecule has 5 heteroatoms. The number of ether oxygens (including phenoxy) is 2. The fourth-order valence-electron chi connectivity index (χ4n) is 3.36. The molecule has 0 unspecified atom stereocenters. The molecular weight excluding hydrogens is 280 g/mol. The molecule has 0 amide bonds. The number of hydrogen-bond acceptors (Lipinski definition) is 5. The van der Waals surface area contributed by atoms with Gasteiger partial charge in [-0.15, -0.1) is 0 Å². The van der Waals surface area contributed by atoms with Crippen molar-refractivity contribution in [1.82, 2.24) is 4.90 Å². The number of benzene rings is 1. The van der Waals surface area contributed by atoms with Gasteiger partial charge in [-0.3, -0.25) is 4.90 Å². The normalized spacial score (nSPS) is 26.5. The van der Waals surface area contributed by atoms with E-state index in [1.165, 1.54) is 11.3 Å². The van der Waals surface area contributed by atoms with Crippen molar-refractivity contribution < 1.29 is 14.6 Å². The van der Waals surface area contributed by atoms with Crippen LogP contribution in [0.25, 0.3) is 0 Å². The van der Waals surface area contributed by atoms with Gasteiger partial charge in [0.1, 0.15) is 0 Å². The molecule has 0 saturated carbocycles. The maximum atomic E-state index is 9.53. The highest BCUT2D eigenvalue weighted by Crippen LogP contribution is 2.23. The van der Waals surface area contributed by atoms with E-state index in [1.54, 1.807) is 7.11 Å². The van der Waals surface area contributed by atoms with Gasteiger partial charge in [0, 0.05) is 45.0 Å². The van der Waals surface area contributed by atoms with Crippen molar-refractivity contribution in [2.45, 2.75) is 25.1 Å². The van der Waals surface area contributed by atoms with E-state index >= 15 is 0 Å². The Labute approximate surface area is 132 Å². The number of methoxy groups -OCH3 is 1. The number of nitrogens with zero attached hydrogens (tertiary/aromatic N) is 2. The summed E-state index contributed by atoms with van der Waals surface area (Å²) in [4.78, 5) is 4.68. The third kappa shape index (κ3) is 3.60. The van der Waals surface area contributed by atoms with Gasteiger partial charge >= 0.3 is 0 Å². The molecule has 22 heavy (non-hydrogen) atoms. The van der Waals surface area contributed by atoms with E-state index in [0.717, 1.165) is 45.8 Å². The summed E-state index contributed by atoms with van der Waals surface area (Å²) in [5.41, 5.74) is 2.55. The Bertz CT molecular complexity index is 459. The molecule has 0 spiro atoms. The molecule has 1 aromatic rings. The van der Waals surface area contributed by atoms with E-state index < -0.39 is 0 Å². The summed E-state index contributed by atoms with van der Waals surface area (Å²) in [6.45, 7) is 5.52. The molecule has 2 heterocycles.